The second-order valence-corrected chi connectivity index (χ2v) is 7.30. The van der Waals surface area contributed by atoms with E-state index in [4.69, 9.17) is 4.74 Å². The smallest absolute Gasteiger partial charge is 0.221 e. The predicted molar refractivity (Wildman–Crippen MR) is 98.4 cm³/mol. The number of hydrogen-bond donors (Lipinski definition) is 2. The zero-order chi connectivity index (χ0) is 18.4. The fourth-order valence-electron chi connectivity index (χ4n) is 4.19. The maximum absolute atomic E-state index is 10.6. The molecule has 27 heavy (non-hydrogen) atoms. The van der Waals surface area contributed by atoms with Crippen molar-refractivity contribution in [1.29, 1.82) is 0 Å². The average Bonchev–Trinajstić information content (AvgIpc) is 3.27. The molecule has 8 heteroatoms. The molecule has 3 unspecified atom stereocenters. The van der Waals surface area contributed by atoms with Crippen LogP contribution in [-0.4, -0.2) is 48.4 Å². The standard InChI is InChI=1S/C19H22N6O2/c1-11-13-3-5-25(18(13)23-9-21-11)12-6-16(26)17(7-12)27-19-14-8-20-4-2-15(14)22-10-24-19/h3,5,9-10,12,16-17,20,26H,2,4,6-8H2,1H3. The lowest BCUT2D eigenvalue weighted by atomic mass is 10.1. The largest absolute Gasteiger partial charge is 0.471 e. The first-order valence-electron chi connectivity index (χ1n) is 9.37. The summed E-state index contributed by atoms with van der Waals surface area (Å²) >= 11 is 0. The molecule has 0 spiro atoms. The van der Waals surface area contributed by atoms with Crippen LogP contribution in [0.3, 0.4) is 0 Å². The topological polar surface area (TPSA) is 98.0 Å². The van der Waals surface area contributed by atoms with Crippen LogP contribution in [0.5, 0.6) is 5.88 Å². The van der Waals surface area contributed by atoms with E-state index in [1.54, 1.807) is 12.7 Å². The molecule has 3 atom stereocenters. The Morgan fingerprint density at radius 2 is 2.07 bits per heavy atom. The predicted octanol–water partition coefficient (Wildman–Crippen LogP) is 1.32. The third-order valence-electron chi connectivity index (χ3n) is 5.65. The number of aryl methyl sites for hydroxylation is 1. The Bertz CT molecular complexity index is 987. The van der Waals surface area contributed by atoms with E-state index in [9.17, 15) is 5.11 Å². The molecule has 2 N–H and O–H groups in total. The fraction of sp³-hybridized carbons (Fsp3) is 0.474. The summed E-state index contributed by atoms with van der Waals surface area (Å²) in [5, 5.41) is 15.0. The molecule has 0 amide bonds. The van der Waals surface area contributed by atoms with Gasteiger partial charge in [-0.15, -0.1) is 0 Å². The maximum Gasteiger partial charge on any atom is 0.221 e. The Hall–Kier alpha value is -2.58. The van der Waals surface area contributed by atoms with E-state index in [2.05, 4.69) is 29.8 Å². The molecular weight excluding hydrogens is 344 g/mol. The van der Waals surface area contributed by atoms with Crippen molar-refractivity contribution in [3.05, 3.63) is 41.9 Å². The number of nitrogens with one attached hydrogen (secondary N) is 1. The number of fused-ring (bicyclic) bond motifs is 2. The minimum absolute atomic E-state index is 0.132. The number of nitrogens with zero attached hydrogens (tertiary/aromatic N) is 5. The molecule has 5 rings (SSSR count). The van der Waals surface area contributed by atoms with Crippen LogP contribution in [-0.2, 0) is 13.0 Å². The van der Waals surface area contributed by atoms with Gasteiger partial charge in [-0.25, -0.2) is 19.9 Å². The summed E-state index contributed by atoms with van der Waals surface area (Å²) < 4.78 is 8.30. The second kappa shape index (κ2) is 6.54. The van der Waals surface area contributed by atoms with E-state index in [1.165, 1.54) is 0 Å². The van der Waals surface area contributed by atoms with E-state index >= 15 is 0 Å². The minimum Gasteiger partial charge on any atom is -0.471 e. The second-order valence-electron chi connectivity index (χ2n) is 7.30. The number of aliphatic hydroxyl groups excluding tert-OH is 1. The van der Waals surface area contributed by atoms with Crippen LogP contribution < -0.4 is 10.1 Å². The van der Waals surface area contributed by atoms with E-state index in [0.717, 1.165) is 41.0 Å². The van der Waals surface area contributed by atoms with Crippen molar-refractivity contribution in [2.24, 2.45) is 0 Å². The van der Waals surface area contributed by atoms with Gasteiger partial charge in [0.1, 0.15) is 24.4 Å². The summed E-state index contributed by atoms with van der Waals surface area (Å²) in [6, 6.07) is 2.17. The van der Waals surface area contributed by atoms with Gasteiger partial charge in [0.05, 0.1) is 17.5 Å². The van der Waals surface area contributed by atoms with Crippen LogP contribution in [0.25, 0.3) is 11.0 Å². The zero-order valence-corrected chi connectivity index (χ0v) is 15.2. The SMILES string of the molecule is Cc1ncnc2c1ccn2C1CC(O)C(Oc2ncnc3c2CNCC3)C1. The summed E-state index contributed by atoms with van der Waals surface area (Å²) in [5.74, 6) is 0.590. The first-order chi connectivity index (χ1) is 13.2. The maximum atomic E-state index is 10.6. The lowest BCUT2D eigenvalue weighted by Crippen LogP contribution is -2.29. The van der Waals surface area contributed by atoms with Gasteiger partial charge in [-0.05, 0) is 19.4 Å². The quantitative estimate of drug-likeness (QED) is 0.721. The van der Waals surface area contributed by atoms with Crippen molar-refractivity contribution < 1.29 is 9.84 Å². The third kappa shape index (κ3) is 2.85. The Balaban J connectivity index is 1.39. The highest BCUT2D eigenvalue weighted by atomic mass is 16.5. The Morgan fingerprint density at radius 3 is 3.00 bits per heavy atom. The van der Waals surface area contributed by atoms with Gasteiger partial charge >= 0.3 is 0 Å². The molecule has 2 aliphatic rings. The molecule has 4 heterocycles. The number of aromatic nitrogens is 5. The molecule has 1 aliphatic heterocycles. The van der Waals surface area contributed by atoms with Crippen molar-refractivity contribution in [3.63, 3.8) is 0 Å². The third-order valence-corrected chi connectivity index (χ3v) is 5.65. The van der Waals surface area contributed by atoms with Crippen LogP contribution in [0.4, 0.5) is 0 Å². The number of hydrogen-bond acceptors (Lipinski definition) is 7. The summed E-state index contributed by atoms with van der Waals surface area (Å²) in [4.78, 5) is 17.4. The average molecular weight is 366 g/mol. The van der Waals surface area contributed by atoms with Gasteiger partial charge in [0.15, 0.2) is 0 Å². The summed E-state index contributed by atoms with van der Waals surface area (Å²) in [6.07, 6.45) is 6.55. The van der Waals surface area contributed by atoms with Crippen molar-refractivity contribution in [1.82, 2.24) is 29.8 Å². The van der Waals surface area contributed by atoms with Crippen molar-refractivity contribution in [2.75, 3.05) is 6.54 Å². The molecular formula is C19H22N6O2. The molecule has 3 aromatic heterocycles. The van der Waals surface area contributed by atoms with Gasteiger partial charge in [0.2, 0.25) is 5.88 Å². The van der Waals surface area contributed by atoms with E-state index in [1.807, 2.05) is 19.2 Å². The fourth-order valence-corrected chi connectivity index (χ4v) is 4.19. The van der Waals surface area contributed by atoms with Crippen LogP contribution in [0, 0.1) is 6.92 Å². The van der Waals surface area contributed by atoms with Crippen LogP contribution in [0.15, 0.2) is 24.9 Å². The number of ether oxygens (including phenoxy) is 1. The highest BCUT2D eigenvalue weighted by molar-refractivity contribution is 5.78. The van der Waals surface area contributed by atoms with Crippen molar-refractivity contribution >= 4 is 11.0 Å². The first kappa shape index (κ1) is 16.6. The summed E-state index contributed by atoms with van der Waals surface area (Å²) in [6.45, 7) is 3.60. The Kier molecular flexibility index (Phi) is 4.02. The van der Waals surface area contributed by atoms with Crippen LogP contribution in [0.1, 0.15) is 35.8 Å². The van der Waals surface area contributed by atoms with Crippen molar-refractivity contribution in [2.45, 2.75) is 51.0 Å². The molecule has 3 aromatic rings. The molecule has 8 nitrogen and oxygen atoms in total. The molecule has 0 aromatic carbocycles. The lowest BCUT2D eigenvalue weighted by molar-refractivity contribution is 0.0563. The number of aliphatic hydroxyl groups is 1. The van der Waals surface area contributed by atoms with Crippen LogP contribution in [0.2, 0.25) is 0 Å². The van der Waals surface area contributed by atoms with E-state index in [0.29, 0.717) is 25.3 Å². The Morgan fingerprint density at radius 1 is 1.19 bits per heavy atom. The molecule has 1 fully saturated rings. The normalized spacial score (nSPS) is 24.9. The number of rotatable bonds is 3. The summed E-state index contributed by atoms with van der Waals surface area (Å²) in [5.41, 5.74) is 3.91. The molecule has 0 radical (unpaired) electrons. The minimum atomic E-state index is -0.544. The van der Waals surface area contributed by atoms with E-state index < -0.39 is 6.10 Å². The van der Waals surface area contributed by atoms with Gasteiger partial charge in [-0.2, -0.15) is 0 Å². The van der Waals surface area contributed by atoms with E-state index in [-0.39, 0.29) is 12.1 Å². The molecule has 0 saturated heterocycles. The van der Waals surface area contributed by atoms with Gasteiger partial charge in [-0.3, -0.25) is 0 Å². The Labute approximate surface area is 156 Å². The first-order valence-corrected chi connectivity index (χ1v) is 9.37. The van der Waals surface area contributed by atoms with Gasteiger partial charge in [0.25, 0.3) is 0 Å². The van der Waals surface area contributed by atoms with Gasteiger partial charge < -0.3 is 19.7 Å². The molecule has 140 valence electrons. The highest BCUT2D eigenvalue weighted by Crippen LogP contribution is 2.36. The highest BCUT2D eigenvalue weighted by Gasteiger charge is 2.37. The van der Waals surface area contributed by atoms with Gasteiger partial charge in [-0.1, -0.05) is 0 Å². The zero-order valence-electron chi connectivity index (χ0n) is 15.2. The van der Waals surface area contributed by atoms with Crippen molar-refractivity contribution in [3.8, 4) is 5.88 Å². The molecule has 1 saturated carbocycles. The van der Waals surface area contributed by atoms with Crippen LogP contribution >= 0.6 is 0 Å². The summed E-state index contributed by atoms with van der Waals surface area (Å²) in [7, 11) is 0. The molecule has 0 bridgehead atoms. The molecule has 1 aliphatic carbocycles. The van der Waals surface area contributed by atoms with Gasteiger partial charge in [0, 0.05) is 49.1 Å². The lowest BCUT2D eigenvalue weighted by Gasteiger charge is -2.22. The monoisotopic (exact) mass is 366 g/mol.